The van der Waals surface area contributed by atoms with Crippen LogP contribution in [-0.2, 0) is 4.79 Å². The van der Waals surface area contributed by atoms with Crippen molar-refractivity contribution in [3.8, 4) is 0 Å². The standard InChI is InChI=1S/C15H22N2O.ClH/c1-11(2)14(12-7-5-4-6-8-12)17(3)15(18)13-9-16-10-13;/h4-8,11,13-14,16H,9-10H2,1-3H3;1H. The summed E-state index contributed by atoms with van der Waals surface area (Å²) >= 11 is 0. The van der Waals surface area contributed by atoms with Crippen LogP contribution in [0.3, 0.4) is 0 Å². The highest BCUT2D eigenvalue weighted by Gasteiger charge is 2.32. The molecule has 0 aromatic heterocycles. The summed E-state index contributed by atoms with van der Waals surface area (Å²) in [4.78, 5) is 14.3. The molecule has 4 heteroatoms. The van der Waals surface area contributed by atoms with E-state index in [2.05, 4.69) is 31.3 Å². The van der Waals surface area contributed by atoms with E-state index < -0.39 is 0 Å². The first-order valence-corrected chi connectivity index (χ1v) is 6.63. The Labute approximate surface area is 121 Å². The number of benzene rings is 1. The molecule has 0 saturated carbocycles. The van der Waals surface area contributed by atoms with Gasteiger partial charge in [0.05, 0.1) is 12.0 Å². The summed E-state index contributed by atoms with van der Waals surface area (Å²) in [6.07, 6.45) is 0. The lowest BCUT2D eigenvalue weighted by molar-refractivity contribution is -0.139. The van der Waals surface area contributed by atoms with E-state index in [1.54, 1.807) is 0 Å². The van der Waals surface area contributed by atoms with Crippen LogP contribution in [0.25, 0.3) is 0 Å². The van der Waals surface area contributed by atoms with Crippen LogP contribution in [-0.4, -0.2) is 30.9 Å². The van der Waals surface area contributed by atoms with E-state index in [4.69, 9.17) is 0 Å². The summed E-state index contributed by atoms with van der Waals surface area (Å²) in [5.74, 6) is 0.839. The van der Waals surface area contributed by atoms with Crippen LogP contribution in [0.5, 0.6) is 0 Å². The number of hydrogen-bond donors (Lipinski definition) is 1. The number of hydrogen-bond acceptors (Lipinski definition) is 2. The molecule has 1 aliphatic heterocycles. The fourth-order valence-electron chi connectivity index (χ4n) is 2.59. The van der Waals surface area contributed by atoms with Crippen LogP contribution in [0.4, 0.5) is 0 Å². The minimum atomic E-state index is 0. The average molecular weight is 283 g/mol. The van der Waals surface area contributed by atoms with Gasteiger partial charge in [-0.05, 0) is 11.5 Å². The second-order valence-electron chi connectivity index (χ2n) is 5.40. The van der Waals surface area contributed by atoms with E-state index in [0.717, 1.165) is 13.1 Å². The zero-order valence-corrected chi connectivity index (χ0v) is 12.6. The molecule has 1 heterocycles. The molecule has 0 aliphatic carbocycles. The monoisotopic (exact) mass is 282 g/mol. The maximum atomic E-state index is 12.3. The number of rotatable bonds is 4. The maximum Gasteiger partial charge on any atom is 0.228 e. The molecule has 1 aliphatic rings. The van der Waals surface area contributed by atoms with Gasteiger partial charge in [0, 0.05) is 20.1 Å². The van der Waals surface area contributed by atoms with Crippen molar-refractivity contribution in [3.05, 3.63) is 35.9 Å². The van der Waals surface area contributed by atoms with Gasteiger partial charge in [-0.1, -0.05) is 44.2 Å². The van der Waals surface area contributed by atoms with Gasteiger partial charge in [0.15, 0.2) is 0 Å². The number of nitrogens with one attached hydrogen (secondary N) is 1. The van der Waals surface area contributed by atoms with Crippen molar-refractivity contribution in [2.75, 3.05) is 20.1 Å². The first kappa shape index (κ1) is 16.0. The third kappa shape index (κ3) is 3.48. The van der Waals surface area contributed by atoms with Gasteiger partial charge in [-0.25, -0.2) is 0 Å². The molecule has 0 bridgehead atoms. The number of carbonyl (C=O) groups is 1. The molecular weight excluding hydrogens is 260 g/mol. The van der Waals surface area contributed by atoms with Crippen LogP contribution >= 0.6 is 12.4 Å². The molecule has 1 atom stereocenters. The predicted molar refractivity (Wildman–Crippen MR) is 80.4 cm³/mol. The van der Waals surface area contributed by atoms with Crippen molar-refractivity contribution in [1.29, 1.82) is 0 Å². The van der Waals surface area contributed by atoms with Gasteiger partial charge >= 0.3 is 0 Å². The highest BCUT2D eigenvalue weighted by atomic mass is 35.5. The van der Waals surface area contributed by atoms with Crippen molar-refractivity contribution in [2.45, 2.75) is 19.9 Å². The summed E-state index contributed by atoms with van der Waals surface area (Å²) in [6.45, 7) is 5.98. The van der Waals surface area contributed by atoms with E-state index in [9.17, 15) is 4.79 Å². The normalized spacial score (nSPS) is 16.4. The van der Waals surface area contributed by atoms with Crippen LogP contribution in [0.1, 0.15) is 25.5 Å². The Hall–Kier alpha value is -1.06. The van der Waals surface area contributed by atoms with E-state index >= 15 is 0 Å². The first-order valence-electron chi connectivity index (χ1n) is 6.63. The lowest BCUT2D eigenvalue weighted by atomic mass is 9.92. The molecule has 1 aromatic carbocycles. The summed E-state index contributed by atoms with van der Waals surface area (Å²) in [5.41, 5.74) is 1.22. The van der Waals surface area contributed by atoms with Crippen LogP contribution < -0.4 is 5.32 Å². The lowest BCUT2D eigenvalue weighted by Crippen LogP contribution is -2.52. The fourth-order valence-corrected chi connectivity index (χ4v) is 2.59. The van der Waals surface area contributed by atoms with Gasteiger partial charge in [0.25, 0.3) is 0 Å². The van der Waals surface area contributed by atoms with Gasteiger partial charge in [-0.2, -0.15) is 0 Å². The van der Waals surface area contributed by atoms with Crippen molar-refractivity contribution in [1.82, 2.24) is 10.2 Å². The molecule has 0 radical (unpaired) electrons. The maximum absolute atomic E-state index is 12.3. The summed E-state index contributed by atoms with van der Waals surface area (Å²) < 4.78 is 0. The molecule has 1 amide bonds. The van der Waals surface area contributed by atoms with E-state index in [1.807, 2.05) is 30.1 Å². The predicted octanol–water partition coefficient (Wildman–Crippen LogP) is 2.48. The minimum absolute atomic E-state index is 0. The molecule has 19 heavy (non-hydrogen) atoms. The molecule has 1 N–H and O–H groups in total. The molecule has 106 valence electrons. The Morgan fingerprint density at radius 2 is 1.84 bits per heavy atom. The second kappa shape index (κ2) is 6.92. The SMILES string of the molecule is CC(C)C(c1ccccc1)N(C)C(=O)C1CNC1.Cl. The molecule has 2 rings (SSSR count). The molecule has 1 unspecified atom stereocenters. The summed E-state index contributed by atoms with van der Waals surface area (Å²) in [7, 11) is 1.93. The quantitative estimate of drug-likeness (QED) is 0.920. The van der Waals surface area contributed by atoms with E-state index in [1.165, 1.54) is 5.56 Å². The smallest absolute Gasteiger partial charge is 0.228 e. The molecule has 1 aromatic rings. The van der Waals surface area contributed by atoms with Crippen molar-refractivity contribution in [3.63, 3.8) is 0 Å². The van der Waals surface area contributed by atoms with Crippen LogP contribution in [0.2, 0.25) is 0 Å². The van der Waals surface area contributed by atoms with Gasteiger partial charge < -0.3 is 10.2 Å². The van der Waals surface area contributed by atoms with E-state index in [0.29, 0.717) is 5.92 Å². The van der Waals surface area contributed by atoms with Crippen LogP contribution in [0.15, 0.2) is 30.3 Å². The Bertz CT molecular complexity index is 404. The van der Waals surface area contributed by atoms with Crippen LogP contribution in [0, 0.1) is 11.8 Å². The molecular formula is C15H23ClN2O. The first-order chi connectivity index (χ1) is 8.61. The van der Waals surface area contributed by atoms with Crippen molar-refractivity contribution in [2.24, 2.45) is 11.8 Å². The van der Waals surface area contributed by atoms with E-state index in [-0.39, 0.29) is 30.3 Å². The minimum Gasteiger partial charge on any atom is -0.338 e. The Morgan fingerprint density at radius 3 is 2.26 bits per heavy atom. The fraction of sp³-hybridized carbons (Fsp3) is 0.533. The third-order valence-electron chi connectivity index (χ3n) is 3.67. The Kier molecular flexibility index (Phi) is 5.83. The van der Waals surface area contributed by atoms with Crippen molar-refractivity contribution < 1.29 is 4.79 Å². The molecule has 0 spiro atoms. The highest BCUT2D eigenvalue weighted by Crippen LogP contribution is 2.28. The van der Waals surface area contributed by atoms with Gasteiger partial charge in [-0.15, -0.1) is 12.4 Å². The highest BCUT2D eigenvalue weighted by molar-refractivity contribution is 5.85. The number of nitrogens with zero attached hydrogens (tertiary/aromatic N) is 1. The zero-order valence-electron chi connectivity index (χ0n) is 11.8. The average Bonchev–Trinajstić information content (AvgIpc) is 2.27. The zero-order chi connectivity index (χ0) is 13.1. The van der Waals surface area contributed by atoms with Gasteiger partial charge in [0.2, 0.25) is 5.91 Å². The third-order valence-corrected chi connectivity index (χ3v) is 3.67. The number of carbonyl (C=O) groups excluding carboxylic acids is 1. The summed E-state index contributed by atoms with van der Waals surface area (Å²) in [6, 6.07) is 10.5. The molecule has 3 nitrogen and oxygen atoms in total. The molecule has 1 saturated heterocycles. The van der Waals surface area contributed by atoms with Gasteiger partial charge in [0.1, 0.15) is 0 Å². The number of amides is 1. The molecule has 1 fully saturated rings. The Balaban J connectivity index is 0.00000180. The van der Waals surface area contributed by atoms with Crippen molar-refractivity contribution >= 4 is 18.3 Å². The largest absolute Gasteiger partial charge is 0.338 e. The topological polar surface area (TPSA) is 32.3 Å². The summed E-state index contributed by atoms with van der Waals surface area (Å²) in [5, 5.41) is 3.16. The number of halogens is 1. The lowest BCUT2D eigenvalue weighted by Gasteiger charge is -2.37. The Morgan fingerprint density at radius 1 is 1.26 bits per heavy atom. The second-order valence-corrected chi connectivity index (χ2v) is 5.40. The van der Waals surface area contributed by atoms with Gasteiger partial charge in [-0.3, -0.25) is 4.79 Å².